The van der Waals surface area contributed by atoms with E-state index in [1.165, 1.54) is 0 Å². The van der Waals surface area contributed by atoms with E-state index in [1.807, 2.05) is 33.9 Å². The zero-order chi connectivity index (χ0) is 13.6. The first-order valence-corrected chi connectivity index (χ1v) is 6.19. The summed E-state index contributed by atoms with van der Waals surface area (Å²) in [6.45, 7) is 8.92. The summed E-state index contributed by atoms with van der Waals surface area (Å²) in [5.41, 5.74) is -0.437. The van der Waals surface area contributed by atoms with Crippen LogP contribution in [0.1, 0.15) is 34.1 Å². The van der Waals surface area contributed by atoms with Gasteiger partial charge in [0.15, 0.2) is 0 Å². The molecule has 18 heavy (non-hydrogen) atoms. The van der Waals surface area contributed by atoms with Gasteiger partial charge in [0, 0.05) is 12.7 Å². The second kappa shape index (κ2) is 6.49. The van der Waals surface area contributed by atoms with Crippen LogP contribution in [0.5, 0.6) is 0 Å². The maximum atomic E-state index is 11.7. The van der Waals surface area contributed by atoms with Crippen LogP contribution in [-0.4, -0.2) is 39.2 Å². The second-order valence-electron chi connectivity index (χ2n) is 5.23. The number of aryl methyl sites for hydroxylation is 1. The van der Waals surface area contributed by atoms with Crippen molar-refractivity contribution in [3.63, 3.8) is 0 Å². The molecule has 1 aromatic rings. The minimum Gasteiger partial charge on any atom is -0.459 e. The van der Waals surface area contributed by atoms with Crippen LogP contribution in [0.3, 0.4) is 0 Å². The number of rotatable bonds is 6. The van der Waals surface area contributed by atoms with E-state index in [2.05, 4.69) is 15.6 Å². The molecule has 1 N–H and O–H groups in total. The Morgan fingerprint density at radius 3 is 2.78 bits per heavy atom. The fourth-order valence-electron chi connectivity index (χ4n) is 1.39. The summed E-state index contributed by atoms with van der Waals surface area (Å²) in [5.74, 6) is -0.219. The van der Waals surface area contributed by atoms with Crippen LogP contribution in [-0.2, 0) is 16.1 Å². The third-order valence-electron chi connectivity index (χ3n) is 2.25. The first-order chi connectivity index (χ1) is 8.38. The maximum absolute atomic E-state index is 11.7. The van der Waals surface area contributed by atoms with Crippen molar-refractivity contribution in [1.82, 2.24) is 20.3 Å². The summed E-state index contributed by atoms with van der Waals surface area (Å²) < 4.78 is 7.04. The molecule has 0 amide bonds. The Balaban J connectivity index is 2.16. The van der Waals surface area contributed by atoms with Gasteiger partial charge >= 0.3 is 5.97 Å². The summed E-state index contributed by atoms with van der Waals surface area (Å²) in [5, 5.41) is 10.7. The van der Waals surface area contributed by atoms with Crippen LogP contribution in [0, 0.1) is 0 Å². The van der Waals surface area contributed by atoms with Crippen LogP contribution < -0.4 is 5.32 Å². The molecule has 0 aromatic carbocycles. The van der Waals surface area contributed by atoms with Gasteiger partial charge < -0.3 is 10.1 Å². The number of nitrogens with zero attached hydrogens (tertiary/aromatic N) is 3. The highest BCUT2D eigenvalue weighted by atomic mass is 16.6. The SMILES string of the molecule is CC(NCCCn1ccnn1)C(=O)OC(C)(C)C. The molecule has 0 aliphatic heterocycles. The molecule has 0 aliphatic carbocycles. The molecule has 1 heterocycles. The van der Waals surface area contributed by atoms with Crippen molar-refractivity contribution in [3.05, 3.63) is 12.4 Å². The van der Waals surface area contributed by atoms with E-state index in [4.69, 9.17) is 4.74 Å². The molecule has 1 rings (SSSR count). The Kier molecular flexibility index (Phi) is 5.27. The van der Waals surface area contributed by atoms with E-state index in [0.717, 1.165) is 19.5 Å². The molecule has 0 fully saturated rings. The van der Waals surface area contributed by atoms with Crippen molar-refractivity contribution in [1.29, 1.82) is 0 Å². The lowest BCUT2D eigenvalue weighted by atomic mass is 10.2. The number of ether oxygens (including phenoxy) is 1. The van der Waals surface area contributed by atoms with E-state index < -0.39 is 5.60 Å². The Labute approximate surface area is 108 Å². The largest absolute Gasteiger partial charge is 0.459 e. The Hall–Kier alpha value is -1.43. The van der Waals surface area contributed by atoms with Crippen molar-refractivity contribution in [2.45, 2.75) is 52.3 Å². The molecule has 0 saturated heterocycles. The van der Waals surface area contributed by atoms with Crippen LogP contribution in [0.4, 0.5) is 0 Å². The van der Waals surface area contributed by atoms with Gasteiger partial charge in [-0.25, -0.2) is 0 Å². The van der Waals surface area contributed by atoms with Crippen LogP contribution in [0.25, 0.3) is 0 Å². The Bertz CT molecular complexity index is 357. The van der Waals surface area contributed by atoms with Gasteiger partial charge in [-0.3, -0.25) is 9.48 Å². The van der Waals surface area contributed by atoms with E-state index in [0.29, 0.717) is 0 Å². The van der Waals surface area contributed by atoms with Gasteiger partial charge in [0.05, 0.1) is 6.20 Å². The van der Waals surface area contributed by atoms with Gasteiger partial charge in [-0.2, -0.15) is 0 Å². The predicted molar refractivity (Wildman–Crippen MR) is 67.9 cm³/mol. The van der Waals surface area contributed by atoms with Gasteiger partial charge in [-0.15, -0.1) is 5.10 Å². The van der Waals surface area contributed by atoms with Crippen molar-refractivity contribution in [2.24, 2.45) is 0 Å². The topological polar surface area (TPSA) is 69.0 Å². The normalized spacial score (nSPS) is 13.3. The minimum absolute atomic E-state index is 0.219. The summed E-state index contributed by atoms with van der Waals surface area (Å²) in [6, 6.07) is -0.292. The number of hydrogen-bond acceptors (Lipinski definition) is 5. The summed E-state index contributed by atoms with van der Waals surface area (Å²) in [7, 11) is 0. The molecule has 1 unspecified atom stereocenters. The van der Waals surface area contributed by atoms with Crippen LogP contribution in [0.2, 0.25) is 0 Å². The highest BCUT2D eigenvalue weighted by molar-refractivity contribution is 5.75. The quantitative estimate of drug-likeness (QED) is 0.605. The molecule has 0 saturated carbocycles. The van der Waals surface area contributed by atoms with Crippen molar-refractivity contribution < 1.29 is 9.53 Å². The zero-order valence-electron chi connectivity index (χ0n) is 11.5. The van der Waals surface area contributed by atoms with Gasteiger partial charge in [0.2, 0.25) is 0 Å². The number of esters is 1. The molecule has 0 aliphatic rings. The van der Waals surface area contributed by atoms with Gasteiger partial charge in [-0.1, -0.05) is 5.21 Å². The van der Waals surface area contributed by atoms with Gasteiger partial charge in [0.25, 0.3) is 0 Å². The monoisotopic (exact) mass is 254 g/mol. The number of carbonyl (C=O) groups is 1. The van der Waals surface area contributed by atoms with Gasteiger partial charge in [-0.05, 0) is 40.7 Å². The minimum atomic E-state index is -0.437. The first kappa shape index (κ1) is 14.6. The number of nitrogens with one attached hydrogen (secondary N) is 1. The molecule has 1 aromatic heterocycles. The lowest BCUT2D eigenvalue weighted by molar-refractivity contribution is -0.156. The molecule has 0 bridgehead atoms. The molecule has 6 nitrogen and oxygen atoms in total. The Morgan fingerprint density at radius 2 is 2.22 bits per heavy atom. The van der Waals surface area contributed by atoms with Gasteiger partial charge in [0.1, 0.15) is 11.6 Å². The molecule has 0 radical (unpaired) electrons. The second-order valence-corrected chi connectivity index (χ2v) is 5.23. The fraction of sp³-hybridized carbons (Fsp3) is 0.750. The highest BCUT2D eigenvalue weighted by Crippen LogP contribution is 2.08. The van der Waals surface area contributed by atoms with E-state index in [-0.39, 0.29) is 12.0 Å². The number of aromatic nitrogens is 3. The molecule has 6 heteroatoms. The third kappa shape index (κ3) is 5.77. The van der Waals surface area contributed by atoms with Crippen molar-refractivity contribution in [3.8, 4) is 0 Å². The number of hydrogen-bond donors (Lipinski definition) is 1. The third-order valence-corrected chi connectivity index (χ3v) is 2.25. The fourth-order valence-corrected chi connectivity index (χ4v) is 1.39. The molecule has 102 valence electrons. The van der Waals surface area contributed by atoms with Crippen molar-refractivity contribution >= 4 is 5.97 Å². The smallest absolute Gasteiger partial charge is 0.323 e. The first-order valence-electron chi connectivity index (χ1n) is 6.19. The van der Waals surface area contributed by atoms with Crippen LogP contribution in [0.15, 0.2) is 12.4 Å². The summed E-state index contributed by atoms with van der Waals surface area (Å²) in [4.78, 5) is 11.7. The molecular formula is C12H22N4O2. The van der Waals surface area contributed by atoms with E-state index >= 15 is 0 Å². The predicted octanol–water partition coefficient (Wildman–Crippen LogP) is 0.988. The lowest BCUT2D eigenvalue weighted by Gasteiger charge is -2.22. The summed E-state index contributed by atoms with van der Waals surface area (Å²) >= 11 is 0. The molecule has 1 atom stereocenters. The zero-order valence-corrected chi connectivity index (χ0v) is 11.5. The average molecular weight is 254 g/mol. The molecular weight excluding hydrogens is 232 g/mol. The Morgan fingerprint density at radius 1 is 1.50 bits per heavy atom. The van der Waals surface area contributed by atoms with E-state index in [9.17, 15) is 4.79 Å². The standard InChI is InChI=1S/C12H22N4O2/c1-10(11(17)18-12(2,3)4)13-6-5-8-16-9-7-14-15-16/h7,9-10,13H,5-6,8H2,1-4H3. The van der Waals surface area contributed by atoms with Crippen LogP contribution >= 0.6 is 0 Å². The van der Waals surface area contributed by atoms with Crippen molar-refractivity contribution in [2.75, 3.05) is 6.54 Å². The lowest BCUT2D eigenvalue weighted by Crippen LogP contribution is -2.39. The van der Waals surface area contributed by atoms with E-state index in [1.54, 1.807) is 10.9 Å². The average Bonchev–Trinajstić information content (AvgIpc) is 2.74. The summed E-state index contributed by atoms with van der Waals surface area (Å²) in [6.07, 6.45) is 4.35. The highest BCUT2D eigenvalue weighted by Gasteiger charge is 2.20. The maximum Gasteiger partial charge on any atom is 0.323 e. The molecule has 0 spiro atoms. The number of carbonyl (C=O) groups excluding carboxylic acids is 1.